The van der Waals surface area contributed by atoms with E-state index >= 15 is 0 Å². The van der Waals surface area contributed by atoms with Gasteiger partial charge in [0.05, 0.1) is 0 Å². The van der Waals surface area contributed by atoms with Crippen LogP contribution in [0.15, 0.2) is 78.7 Å². The van der Waals surface area contributed by atoms with Gasteiger partial charge >= 0.3 is 5.97 Å². The van der Waals surface area contributed by atoms with Crippen LogP contribution in [0, 0.1) is 0 Å². The zero-order chi connectivity index (χ0) is 21.2. The highest BCUT2D eigenvalue weighted by Crippen LogP contribution is 2.16. The summed E-state index contributed by atoms with van der Waals surface area (Å²) in [7, 11) is 0. The van der Waals surface area contributed by atoms with Gasteiger partial charge in [-0.2, -0.15) is 0 Å². The lowest BCUT2D eigenvalue weighted by atomic mass is 10.1. The Morgan fingerprint density at radius 2 is 1.63 bits per heavy atom. The predicted octanol–water partition coefficient (Wildman–Crippen LogP) is 4.13. The molecule has 0 saturated carbocycles. The maximum atomic E-state index is 12.8. The number of anilines is 1. The number of ether oxygens (including phenoxy) is 1. The molecule has 0 aliphatic carbocycles. The van der Waals surface area contributed by atoms with Gasteiger partial charge in [-0.15, -0.1) is 17.9 Å². The summed E-state index contributed by atoms with van der Waals surface area (Å²) in [4.78, 5) is 31.0. The number of hydrogen-bond donors (Lipinski definition) is 1. The Balaban J connectivity index is 1.62. The van der Waals surface area contributed by atoms with Crippen molar-refractivity contribution in [1.29, 1.82) is 0 Å². The zero-order valence-corrected chi connectivity index (χ0v) is 17.3. The van der Waals surface area contributed by atoms with E-state index in [0.29, 0.717) is 24.8 Å². The van der Waals surface area contributed by atoms with Gasteiger partial charge in [0, 0.05) is 25.0 Å². The molecule has 0 aliphatic rings. The lowest BCUT2D eigenvalue weighted by Gasteiger charge is -2.23. The number of nitrogens with one attached hydrogen (secondary N) is 1. The number of thiazole rings is 1. The Labute approximate surface area is 179 Å². The number of nitrogens with zero attached hydrogens (tertiary/aromatic N) is 2. The molecule has 0 atom stereocenters. The first-order valence-electron chi connectivity index (χ1n) is 9.48. The molecule has 7 heteroatoms. The maximum absolute atomic E-state index is 12.8. The highest BCUT2D eigenvalue weighted by atomic mass is 32.1. The van der Waals surface area contributed by atoms with Crippen LogP contribution in [-0.2, 0) is 22.6 Å². The summed E-state index contributed by atoms with van der Waals surface area (Å²) in [6.45, 7) is 4.69. The molecule has 154 valence electrons. The van der Waals surface area contributed by atoms with Crippen LogP contribution in [0.25, 0.3) is 0 Å². The van der Waals surface area contributed by atoms with Crippen LogP contribution in [0.5, 0.6) is 0 Å². The Bertz CT molecular complexity index is 932. The van der Waals surface area contributed by atoms with E-state index in [0.717, 1.165) is 11.1 Å². The quantitative estimate of drug-likeness (QED) is 0.394. The Hall–Kier alpha value is -3.45. The van der Waals surface area contributed by atoms with Crippen molar-refractivity contribution in [3.05, 3.63) is 95.5 Å². The van der Waals surface area contributed by atoms with Crippen molar-refractivity contribution in [2.75, 3.05) is 18.5 Å². The number of rotatable bonds is 10. The third-order valence-electron chi connectivity index (χ3n) is 4.22. The fourth-order valence-corrected chi connectivity index (χ4v) is 3.43. The smallest absolute Gasteiger partial charge is 0.358 e. The number of aromatic nitrogens is 1. The molecule has 1 heterocycles. The second-order valence-electron chi connectivity index (χ2n) is 6.50. The minimum atomic E-state index is -0.620. The normalized spacial score (nSPS) is 10.3. The summed E-state index contributed by atoms with van der Waals surface area (Å²) in [6.07, 6.45) is 1.70. The van der Waals surface area contributed by atoms with Crippen LogP contribution >= 0.6 is 11.3 Å². The fourth-order valence-electron chi connectivity index (χ4n) is 2.74. The van der Waals surface area contributed by atoms with Crippen LogP contribution in [-0.4, -0.2) is 34.9 Å². The van der Waals surface area contributed by atoms with Gasteiger partial charge in [-0.3, -0.25) is 4.79 Å². The van der Waals surface area contributed by atoms with Crippen molar-refractivity contribution in [2.24, 2.45) is 0 Å². The third kappa shape index (κ3) is 6.28. The second kappa shape index (κ2) is 10.9. The van der Waals surface area contributed by atoms with Crippen LogP contribution in [0.2, 0.25) is 0 Å². The molecule has 6 nitrogen and oxygen atoms in total. The van der Waals surface area contributed by atoms with Crippen molar-refractivity contribution in [2.45, 2.75) is 13.1 Å². The monoisotopic (exact) mass is 421 g/mol. The number of benzene rings is 2. The molecular formula is C23H23N3O3S. The molecule has 0 spiro atoms. The number of carbonyl (C=O) groups excluding carboxylic acids is 2. The lowest BCUT2D eigenvalue weighted by molar-refractivity contribution is -0.135. The summed E-state index contributed by atoms with van der Waals surface area (Å²) >= 11 is 1.30. The number of carbonyl (C=O) groups is 2. The zero-order valence-electron chi connectivity index (χ0n) is 16.5. The van der Waals surface area contributed by atoms with Gasteiger partial charge in [0.1, 0.15) is 0 Å². The molecule has 0 bridgehead atoms. The largest absolute Gasteiger partial charge is 0.451 e. The molecule has 3 rings (SSSR count). The molecular weight excluding hydrogens is 398 g/mol. The Kier molecular flexibility index (Phi) is 7.74. The number of esters is 1. The summed E-state index contributed by atoms with van der Waals surface area (Å²) in [6, 6.07) is 19.4. The van der Waals surface area contributed by atoms with E-state index in [2.05, 4.69) is 16.9 Å². The highest BCUT2D eigenvalue weighted by Gasteiger charge is 2.19. The molecule has 30 heavy (non-hydrogen) atoms. The first kappa shape index (κ1) is 21.3. The molecule has 0 unspecified atom stereocenters. The summed E-state index contributed by atoms with van der Waals surface area (Å²) in [5, 5.41) is 5.21. The van der Waals surface area contributed by atoms with E-state index < -0.39 is 5.97 Å². The first-order valence-corrected chi connectivity index (χ1v) is 10.4. The average Bonchev–Trinajstić information content (AvgIpc) is 3.26. The van der Waals surface area contributed by atoms with E-state index in [1.165, 1.54) is 11.3 Å². The minimum Gasteiger partial charge on any atom is -0.451 e. The van der Waals surface area contributed by atoms with Crippen molar-refractivity contribution >= 4 is 28.3 Å². The van der Waals surface area contributed by atoms with E-state index in [9.17, 15) is 9.59 Å². The Morgan fingerprint density at radius 1 is 1.03 bits per heavy atom. The molecule has 1 amide bonds. The van der Waals surface area contributed by atoms with Crippen molar-refractivity contribution < 1.29 is 14.3 Å². The Morgan fingerprint density at radius 3 is 2.20 bits per heavy atom. The molecule has 0 fully saturated rings. The summed E-state index contributed by atoms with van der Waals surface area (Å²) in [5.74, 6) is -0.887. The molecule has 1 aromatic heterocycles. The van der Waals surface area contributed by atoms with Crippen molar-refractivity contribution in [3.8, 4) is 0 Å². The van der Waals surface area contributed by atoms with Crippen LogP contribution < -0.4 is 5.32 Å². The van der Waals surface area contributed by atoms with E-state index in [4.69, 9.17) is 4.74 Å². The van der Waals surface area contributed by atoms with E-state index in [1.807, 2.05) is 60.7 Å². The van der Waals surface area contributed by atoms with Gasteiger partial charge < -0.3 is 15.0 Å². The standard InChI is InChI=1S/C23H23N3O3S/c1-2-13-24-23-25-20(17-30-23)22(28)29-16-21(27)26(14-18-9-5-3-6-10-18)15-19-11-7-4-8-12-19/h2-12,17H,1,13-16H2,(H,24,25). The van der Waals surface area contributed by atoms with Gasteiger partial charge in [0.25, 0.3) is 5.91 Å². The molecule has 0 radical (unpaired) electrons. The predicted molar refractivity (Wildman–Crippen MR) is 118 cm³/mol. The minimum absolute atomic E-state index is 0.178. The number of amides is 1. The fraction of sp³-hybridized carbons (Fsp3) is 0.174. The lowest BCUT2D eigenvalue weighted by Crippen LogP contribution is -2.34. The highest BCUT2D eigenvalue weighted by molar-refractivity contribution is 7.13. The van der Waals surface area contributed by atoms with Gasteiger partial charge in [0.15, 0.2) is 17.4 Å². The average molecular weight is 422 g/mol. The molecule has 3 aromatic rings. The van der Waals surface area contributed by atoms with E-state index in [-0.39, 0.29) is 18.2 Å². The summed E-state index contributed by atoms with van der Waals surface area (Å²) < 4.78 is 5.23. The molecule has 1 N–H and O–H groups in total. The van der Waals surface area contributed by atoms with Crippen LogP contribution in [0.3, 0.4) is 0 Å². The van der Waals surface area contributed by atoms with Gasteiger partial charge in [-0.1, -0.05) is 66.7 Å². The van der Waals surface area contributed by atoms with E-state index in [1.54, 1.807) is 16.4 Å². The molecule has 0 aliphatic heterocycles. The second-order valence-corrected chi connectivity index (χ2v) is 7.36. The van der Waals surface area contributed by atoms with Crippen molar-refractivity contribution in [3.63, 3.8) is 0 Å². The molecule has 0 saturated heterocycles. The van der Waals surface area contributed by atoms with Gasteiger partial charge in [-0.25, -0.2) is 9.78 Å². The maximum Gasteiger partial charge on any atom is 0.358 e. The first-order chi connectivity index (χ1) is 14.7. The topological polar surface area (TPSA) is 71.5 Å². The van der Waals surface area contributed by atoms with Crippen LogP contribution in [0.1, 0.15) is 21.6 Å². The number of hydrogen-bond acceptors (Lipinski definition) is 6. The molecule has 2 aromatic carbocycles. The van der Waals surface area contributed by atoms with Gasteiger partial charge in [0.2, 0.25) is 0 Å². The van der Waals surface area contributed by atoms with Crippen molar-refractivity contribution in [1.82, 2.24) is 9.88 Å². The van der Waals surface area contributed by atoms with Crippen LogP contribution in [0.4, 0.5) is 5.13 Å². The SMILES string of the molecule is C=CCNc1nc(C(=O)OCC(=O)N(Cc2ccccc2)Cc2ccccc2)cs1. The summed E-state index contributed by atoms with van der Waals surface area (Å²) in [5.41, 5.74) is 2.19. The third-order valence-corrected chi connectivity index (χ3v) is 5.02. The van der Waals surface area contributed by atoms with Gasteiger partial charge in [-0.05, 0) is 11.1 Å².